The van der Waals surface area contributed by atoms with Crippen LogP contribution in [0.3, 0.4) is 0 Å². The molecule has 0 fully saturated rings. The van der Waals surface area contributed by atoms with Gasteiger partial charge < -0.3 is 37.6 Å². The number of anilines is 1. The molecule has 0 amide bonds. The minimum atomic E-state index is -0.583. The highest BCUT2D eigenvalue weighted by Gasteiger charge is 2.23. The molecule has 14 heteroatoms. The normalized spacial score (nSPS) is 10.4. The number of aromatic hydroxyl groups is 4. The Morgan fingerprint density at radius 3 is 1.83 bits per heavy atom. The molecular formula is C16H18Cl2N8O4. The molecule has 160 valence electrons. The number of nitrogens with one attached hydrogen (secondary N) is 2. The zero-order valence-electron chi connectivity index (χ0n) is 15.0. The molecule has 0 unspecified atom stereocenters. The molecule has 0 bridgehead atoms. The van der Waals surface area contributed by atoms with Gasteiger partial charge in [0.1, 0.15) is 23.0 Å². The highest BCUT2D eigenvalue weighted by atomic mass is 35.5. The highest BCUT2D eigenvalue weighted by molar-refractivity contribution is 6.20. The van der Waals surface area contributed by atoms with Gasteiger partial charge in [0.2, 0.25) is 11.9 Å². The van der Waals surface area contributed by atoms with E-state index in [1.165, 1.54) is 12.1 Å². The van der Waals surface area contributed by atoms with Crippen LogP contribution in [0.15, 0.2) is 39.6 Å². The Morgan fingerprint density at radius 1 is 0.800 bits per heavy atom. The molecule has 30 heavy (non-hydrogen) atoms. The van der Waals surface area contributed by atoms with Crippen LogP contribution in [0, 0.1) is 5.41 Å². The quantitative estimate of drug-likeness (QED) is 0.0705. The van der Waals surface area contributed by atoms with E-state index in [0.29, 0.717) is 0 Å². The van der Waals surface area contributed by atoms with Gasteiger partial charge in [-0.25, -0.2) is 0 Å². The van der Waals surface area contributed by atoms with Crippen molar-refractivity contribution in [1.82, 2.24) is 0 Å². The van der Waals surface area contributed by atoms with E-state index >= 15 is 0 Å². The van der Waals surface area contributed by atoms with Crippen molar-refractivity contribution in [1.29, 1.82) is 5.41 Å². The van der Waals surface area contributed by atoms with Gasteiger partial charge in [-0.1, -0.05) is 0 Å². The molecule has 0 aliphatic rings. The van der Waals surface area contributed by atoms with Crippen LogP contribution in [0.1, 0.15) is 0 Å². The third-order valence-corrected chi connectivity index (χ3v) is 3.86. The maximum Gasteiger partial charge on any atom is 0.232 e. The van der Waals surface area contributed by atoms with Crippen molar-refractivity contribution < 1.29 is 20.4 Å². The van der Waals surface area contributed by atoms with Crippen molar-refractivity contribution in [2.75, 3.05) is 5.43 Å². The van der Waals surface area contributed by atoms with Gasteiger partial charge in [-0.15, -0.1) is 40.1 Å². The van der Waals surface area contributed by atoms with Crippen LogP contribution in [0.2, 0.25) is 0 Å². The maximum atomic E-state index is 10.8. The van der Waals surface area contributed by atoms with Crippen LogP contribution in [-0.4, -0.2) is 32.3 Å². The largest absolute Gasteiger partial charge is 0.507 e. The number of nitrogens with zero attached hydrogens (tertiary/aromatic N) is 3. The topological polar surface area (TPSA) is 232 Å². The van der Waals surface area contributed by atoms with Crippen LogP contribution in [0.4, 0.5) is 11.4 Å². The van der Waals surface area contributed by atoms with Gasteiger partial charge in [0.05, 0.1) is 32.9 Å². The average Bonchev–Trinajstić information content (AvgIpc) is 2.64. The minimum absolute atomic E-state index is 0. The third kappa shape index (κ3) is 4.09. The molecule has 0 aliphatic heterocycles. The number of hydrogen-bond acceptors (Lipinski definition) is 8. The number of nitrogens with two attached hydrogens (primary N) is 3. The monoisotopic (exact) mass is 456 g/mol. The Bertz CT molecular complexity index is 1200. The summed E-state index contributed by atoms with van der Waals surface area (Å²) in [6.45, 7) is 0. The molecule has 0 spiro atoms. The zero-order chi connectivity index (χ0) is 20.6. The van der Waals surface area contributed by atoms with Gasteiger partial charge in [0, 0.05) is 0 Å². The van der Waals surface area contributed by atoms with E-state index < -0.39 is 17.5 Å². The fourth-order valence-corrected chi connectivity index (χ4v) is 2.80. The van der Waals surface area contributed by atoms with E-state index in [4.69, 9.17) is 22.6 Å². The smallest absolute Gasteiger partial charge is 0.232 e. The first kappa shape index (κ1) is 24.1. The van der Waals surface area contributed by atoms with Crippen molar-refractivity contribution in [2.24, 2.45) is 32.5 Å². The molecule has 12 N–H and O–H groups in total. The average molecular weight is 457 g/mol. The van der Waals surface area contributed by atoms with Crippen LogP contribution < -0.4 is 22.6 Å². The summed E-state index contributed by atoms with van der Waals surface area (Å²) in [6.07, 6.45) is 0. The number of rotatable bonds is 3. The van der Waals surface area contributed by atoms with Crippen molar-refractivity contribution >= 4 is 69.7 Å². The number of benzene rings is 3. The lowest BCUT2D eigenvalue weighted by molar-refractivity contribution is 0.451. The van der Waals surface area contributed by atoms with Crippen LogP contribution >= 0.6 is 24.8 Å². The van der Waals surface area contributed by atoms with Gasteiger partial charge in [-0.05, 0) is 24.3 Å². The summed E-state index contributed by atoms with van der Waals surface area (Å²) in [7, 11) is 0. The number of guanidine groups is 2. The lowest BCUT2D eigenvalue weighted by atomic mass is 9.97. The number of azo groups is 1. The fraction of sp³-hybridized carbons (Fsp3) is 0. The van der Waals surface area contributed by atoms with Crippen molar-refractivity contribution in [3.63, 3.8) is 0 Å². The molecule has 0 saturated carbocycles. The Kier molecular flexibility index (Phi) is 7.29. The molecule has 3 aromatic rings. The first-order chi connectivity index (χ1) is 13.2. The zero-order valence-corrected chi connectivity index (χ0v) is 16.6. The number of phenols is 4. The second-order valence-corrected chi connectivity index (χ2v) is 5.67. The van der Waals surface area contributed by atoms with Gasteiger partial charge >= 0.3 is 0 Å². The number of hydrogen-bond donors (Lipinski definition) is 9. The summed E-state index contributed by atoms with van der Waals surface area (Å²) < 4.78 is 0. The SMILES string of the molecule is Cl.Cl.N=C(N)N=Nc1ccc(NN=C(N)N)c2c(O)c3c(O)ccc(O)c3c(O)c12. The summed E-state index contributed by atoms with van der Waals surface area (Å²) in [5.41, 5.74) is 18.5. The van der Waals surface area contributed by atoms with Crippen molar-refractivity contribution in [2.45, 2.75) is 0 Å². The molecule has 3 rings (SSSR count). The summed E-state index contributed by atoms with van der Waals surface area (Å²) in [6, 6.07) is 5.13. The molecule has 0 radical (unpaired) electrons. The first-order valence-electron chi connectivity index (χ1n) is 7.68. The maximum absolute atomic E-state index is 10.8. The number of phenolic OH excluding ortho intramolecular Hbond substituents is 4. The van der Waals surface area contributed by atoms with E-state index in [1.807, 2.05) is 0 Å². The molecule has 0 heterocycles. The van der Waals surface area contributed by atoms with Gasteiger partial charge in [0.15, 0.2) is 0 Å². The number of halogens is 2. The molecule has 0 aliphatic carbocycles. The predicted octanol–water partition coefficient (Wildman–Crippen LogP) is 2.24. The summed E-state index contributed by atoms with van der Waals surface area (Å²) in [5, 5.41) is 59.5. The number of hydrazone groups is 1. The van der Waals surface area contributed by atoms with Crippen molar-refractivity contribution in [3.05, 3.63) is 24.3 Å². The van der Waals surface area contributed by atoms with Crippen LogP contribution in [-0.2, 0) is 0 Å². The van der Waals surface area contributed by atoms with Crippen molar-refractivity contribution in [3.8, 4) is 23.0 Å². The Morgan fingerprint density at radius 2 is 1.33 bits per heavy atom. The van der Waals surface area contributed by atoms with E-state index in [0.717, 1.165) is 12.1 Å². The third-order valence-electron chi connectivity index (χ3n) is 3.86. The van der Waals surface area contributed by atoms with Gasteiger partial charge in [-0.3, -0.25) is 10.8 Å². The Hall–Kier alpha value is -3.90. The molecule has 0 atom stereocenters. The van der Waals surface area contributed by atoms with E-state index in [2.05, 4.69) is 20.8 Å². The highest BCUT2D eigenvalue weighted by Crippen LogP contribution is 2.52. The molecular weight excluding hydrogens is 439 g/mol. The lowest BCUT2D eigenvalue weighted by Gasteiger charge is -2.15. The summed E-state index contributed by atoms with van der Waals surface area (Å²) in [5.74, 6) is -2.63. The van der Waals surface area contributed by atoms with E-state index in [1.54, 1.807) is 0 Å². The Balaban J connectivity index is 0.00000225. The molecule has 12 nitrogen and oxygen atoms in total. The minimum Gasteiger partial charge on any atom is -0.507 e. The fourth-order valence-electron chi connectivity index (χ4n) is 2.80. The van der Waals surface area contributed by atoms with E-state index in [9.17, 15) is 20.4 Å². The lowest BCUT2D eigenvalue weighted by Crippen LogP contribution is -2.23. The second kappa shape index (κ2) is 9.07. The van der Waals surface area contributed by atoms with Crippen LogP contribution in [0.25, 0.3) is 21.5 Å². The van der Waals surface area contributed by atoms with Gasteiger partial charge in [-0.2, -0.15) is 0 Å². The Labute approximate surface area is 181 Å². The molecule has 0 aromatic heterocycles. The second-order valence-electron chi connectivity index (χ2n) is 5.67. The summed E-state index contributed by atoms with van der Waals surface area (Å²) in [4.78, 5) is 0. The standard InChI is InChI=1S/C16H16N8O4.2ClH/c17-15(18)23-21-5-1-2-6(22-24-16(19)20)10-9(5)13(27)11-7(25)3-4-8(26)12(11)14(10)28;;/h1-4,21,25-28H,(H3,19,20)(H4,17,18,23);2*1H. The van der Waals surface area contributed by atoms with Gasteiger partial charge in [0.25, 0.3) is 0 Å². The molecule has 3 aromatic carbocycles. The predicted molar refractivity (Wildman–Crippen MR) is 118 cm³/mol. The number of fused-ring (bicyclic) bond motifs is 2. The summed E-state index contributed by atoms with van der Waals surface area (Å²) >= 11 is 0. The van der Waals surface area contributed by atoms with Crippen LogP contribution in [0.5, 0.6) is 23.0 Å². The molecule has 0 saturated heterocycles. The first-order valence-corrected chi connectivity index (χ1v) is 7.68. The van der Waals surface area contributed by atoms with E-state index in [-0.39, 0.29) is 75.2 Å².